The van der Waals surface area contributed by atoms with Crippen LogP contribution in [0.2, 0.25) is 5.15 Å². The Hall–Kier alpha value is -1.00. The van der Waals surface area contributed by atoms with Gasteiger partial charge in [-0.3, -0.25) is 0 Å². The predicted molar refractivity (Wildman–Crippen MR) is 60.0 cm³/mol. The van der Waals surface area contributed by atoms with Crippen LogP contribution in [0, 0.1) is 6.92 Å². The van der Waals surface area contributed by atoms with Crippen molar-refractivity contribution in [2.75, 3.05) is 0 Å². The maximum Gasteiger partial charge on any atom is 0.256 e. The molecule has 2 heterocycles. The lowest BCUT2D eigenvalue weighted by Gasteiger charge is -1.97. The minimum absolute atomic E-state index is 0.510. The van der Waals surface area contributed by atoms with Crippen molar-refractivity contribution < 1.29 is 4.42 Å². The minimum Gasteiger partial charge on any atom is -0.440 e. The predicted octanol–water partition coefficient (Wildman–Crippen LogP) is 3.32. The molecule has 0 saturated carbocycles. The van der Waals surface area contributed by atoms with Gasteiger partial charge in [0.25, 0.3) is 5.22 Å². The lowest BCUT2D eigenvalue weighted by atomic mass is 10.3. The normalized spacial score (nSPS) is 10.5. The average molecular weight is 241 g/mol. The first-order valence-electron chi connectivity index (χ1n) is 4.39. The summed E-state index contributed by atoms with van der Waals surface area (Å²) in [4.78, 5) is 8.19. The van der Waals surface area contributed by atoms with Gasteiger partial charge < -0.3 is 4.42 Å². The van der Waals surface area contributed by atoms with Crippen LogP contribution in [0.25, 0.3) is 0 Å². The number of hydrogen-bond donors (Lipinski definition) is 0. The summed E-state index contributed by atoms with van der Waals surface area (Å²) in [7, 11) is 0. The second-order valence-corrected chi connectivity index (χ2v) is 4.35. The number of aryl methyl sites for hydroxylation is 1. The van der Waals surface area contributed by atoms with Crippen molar-refractivity contribution in [1.29, 1.82) is 0 Å². The molecule has 0 atom stereocenters. The minimum atomic E-state index is 0.510. The molecule has 3 nitrogen and oxygen atoms in total. The standard InChI is InChI=1S/C10H9ClN2OS/c1-7-5-14-10(13-7)15-6-8-2-3-9(11)12-4-8/h2-5H,6H2,1H3. The molecule has 2 rings (SSSR count). The number of pyridine rings is 1. The topological polar surface area (TPSA) is 38.9 Å². The summed E-state index contributed by atoms with van der Waals surface area (Å²) in [6, 6.07) is 3.72. The zero-order valence-electron chi connectivity index (χ0n) is 8.11. The number of oxazole rings is 1. The molecule has 0 bridgehead atoms. The van der Waals surface area contributed by atoms with E-state index in [0.717, 1.165) is 17.0 Å². The molecule has 0 aliphatic carbocycles. The fraction of sp³-hybridized carbons (Fsp3) is 0.200. The van der Waals surface area contributed by atoms with Crippen molar-refractivity contribution in [3.05, 3.63) is 41.0 Å². The van der Waals surface area contributed by atoms with E-state index in [0.29, 0.717) is 10.4 Å². The van der Waals surface area contributed by atoms with Crippen molar-refractivity contribution in [1.82, 2.24) is 9.97 Å². The first kappa shape index (κ1) is 10.5. The van der Waals surface area contributed by atoms with Gasteiger partial charge in [-0.25, -0.2) is 9.97 Å². The van der Waals surface area contributed by atoms with Crippen LogP contribution in [-0.4, -0.2) is 9.97 Å². The number of aromatic nitrogens is 2. The van der Waals surface area contributed by atoms with Crippen molar-refractivity contribution in [3.8, 4) is 0 Å². The highest BCUT2D eigenvalue weighted by Gasteiger charge is 2.02. The zero-order valence-corrected chi connectivity index (χ0v) is 9.68. The fourth-order valence-corrected chi connectivity index (χ4v) is 1.93. The van der Waals surface area contributed by atoms with Gasteiger partial charge in [0.15, 0.2) is 0 Å². The Balaban J connectivity index is 1.96. The third-order valence-corrected chi connectivity index (χ3v) is 2.88. The summed E-state index contributed by atoms with van der Waals surface area (Å²) >= 11 is 7.22. The lowest BCUT2D eigenvalue weighted by Crippen LogP contribution is -1.83. The maximum absolute atomic E-state index is 5.68. The highest BCUT2D eigenvalue weighted by molar-refractivity contribution is 7.98. The Morgan fingerprint density at radius 1 is 1.47 bits per heavy atom. The summed E-state index contributed by atoms with van der Waals surface area (Å²) in [6.07, 6.45) is 3.40. The monoisotopic (exact) mass is 240 g/mol. The lowest BCUT2D eigenvalue weighted by molar-refractivity contribution is 0.454. The Morgan fingerprint density at radius 3 is 2.93 bits per heavy atom. The molecule has 15 heavy (non-hydrogen) atoms. The van der Waals surface area contributed by atoms with Crippen molar-refractivity contribution >= 4 is 23.4 Å². The van der Waals surface area contributed by atoms with Gasteiger partial charge in [0.2, 0.25) is 0 Å². The molecule has 2 aromatic heterocycles. The Morgan fingerprint density at radius 2 is 2.33 bits per heavy atom. The van der Waals surface area contributed by atoms with Crippen LogP contribution in [0.1, 0.15) is 11.3 Å². The Kier molecular flexibility index (Phi) is 3.28. The first-order chi connectivity index (χ1) is 7.24. The molecule has 2 aromatic rings. The SMILES string of the molecule is Cc1coc(SCc2ccc(Cl)nc2)n1. The summed E-state index contributed by atoms with van der Waals surface area (Å²) in [5.74, 6) is 0.782. The summed E-state index contributed by atoms with van der Waals surface area (Å²) < 4.78 is 5.22. The van der Waals surface area contributed by atoms with E-state index in [2.05, 4.69) is 9.97 Å². The van der Waals surface area contributed by atoms with E-state index in [1.807, 2.05) is 13.0 Å². The quantitative estimate of drug-likeness (QED) is 0.609. The van der Waals surface area contributed by atoms with E-state index in [-0.39, 0.29) is 0 Å². The van der Waals surface area contributed by atoms with Gasteiger partial charge in [-0.2, -0.15) is 0 Å². The van der Waals surface area contributed by atoms with Gasteiger partial charge in [-0.05, 0) is 18.6 Å². The van der Waals surface area contributed by atoms with Gasteiger partial charge in [0.1, 0.15) is 11.4 Å². The van der Waals surface area contributed by atoms with Crippen LogP contribution < -0.4 is 0 Å². The molecule has 0 N–H and O–H groups in total. The third-order valence-electron chi connectivity index (χ3n) is 1.75. The molecule has 0 radical (unpaired) electrons. The second kappa shape index (κ2) is 4.68. The Labute approximate surface area is 96.9 Å². The van der Waals surface area contributed by atoms with Crippen molar-refractivity contribution in [2.24, 2.45) is 0 Å². The molecule has 0 aliphatic rings. The largest absolute Gasteiger partial charge is 0.440 e. The molecular weight excluding hydrogens is 232 g/mol. The van der Waals surface area contributed by atoms with E-state index in [4.69, 9.17) is 16.0 Å². The van der Waals surface area contributed by atoms with Crippen LogP contribution in [0.15, 0.2) is 34.2 Å². The number of hydrogen-bond acceptors (Lipinski definition) is 4. The average Bonchev–Trinajstić information content (AvgIpc) is 2.64. The fourth-order valence-electron chi connectivity index (χ4n) is 1.04. The van der Waals surface area contributed by atoms with Crippen molar-refractivity contribution in [3.63, 3.8) is 0 Å². The molecule has 5 heteroatoms. The number of thioether (sulfide) groups is 1. The van der Waals surface area contributed by atoms with Crippen LogP contribution in [0.5, 0.6) is 0 Å². The van der Waals surface area contributed by atoms with Gasteiger partial charge in [-0.1, -0.05) is 29.4 Å². The van der Waals surface area contributed by atoms with Gasteiger partial charge >= 0.3 is 0 Å². The van der Waals surface area contributed by atoms with E-state index in [1.54, 1.807) is 18.5 Å². The number of halogens is 1. The van der Waals surface area contributed by atoms with Crippen LogP contribution in [0.4, 0.5) is 0 Å². The number of nitrogens with zero attached hydrogens (tertiary/aromatic N) is 2. The van der Waals surface area contributed by atoms with Crippen LogP contribution >= 0.6 is 23.4 Å². The summed E-state index contributed by atoms with van der Waals surface area (Å²) in [6.45, 7) is 1.90. The summed E-state index contributed by atoms with van der Waals surface area (Å²) in [5, 5.41) is 1.19. The molecule has 78 valence electrons. The van der Waals surface area contributed by atoms with E-state index >= 15 is 0 Å². The maximum atomic E-state index is 5.68. The van der Waals surface area contributed by atoms with Crippen LogP contribution in [0.3, 0.4) is 0 Å². The van der Waals surface area contributed by atoms with Crippen LogP contribution in [-0.2, 0) is 5.75 Å². The van der Waals surface area contributed by atoms with Gasteiger partial charge in [-0.15, -0.1) is 0 Å². The molecule has 0 aromatic carbocycles. The molecule has 0 fully saturated rings. The first-order valence-corrected chi connectivity index (χ1v) is 5.76. The van der Waals surface area contributed by atoms with Gasteiger partial charge in [0.05, 0.1) is 5.69 Å². The summed E-state index contributed by atoms with van der Waals surface area (Å²) in [5.41, 5.74) is 1.99. The highest BCUT2D eigenvalue weighted by Crippen LogP contribution is 2.21. The third kappa shape index (κ3) is 2.97. The smallest absolute Gasteiger partial charge is 0.256 e. The van der Waals surface area contributed by atoms with Crippen molar-refractivity contribution in [2.45, 2.75) is 17.9 Å². The molecule has 0 saturated heterocycles. The highest BCUT2D eigenvalue weighted by atomic mass is 35.5. The zero-order chi connectivity index (χ0) is 10.7. The molecule has 0 spiro atoms. The second-order valence-electron chi connectivity index (χ2n) is 3.03. The van der Waals surface area contributed by atoms with E-state index < -0.39 is 0 Å². The number of rotatable bonds is 3. The Bertz CT molecular complexity index is 441. The van der Waals surface area contributed by atoms with E-state index in [1.165, 1.54) is 11.8 Å². The van der Waals surface area contributed by atoms with Gasteiger partial charge in [0, 0.05) is 11.9 Å². The molecule has 0 aliphatic heterocycles. The van der Waals surface area contributed by atoms with E-state index in [9.17, 15) is 0 Å². The molecule has 0 amide bonds. The molecule has 0 unspecified atom stereocenters. The molecular formula is C10H9ClN2OS.